The average molecular weight is 1130 g/mol. The lowest BCUT2D eigenvalue weighted by Crippen LogP contribution is -2.42. The second kappa shape index (κ2) is 35.7. The number of hydrogen-bond donors (Lipinski definition) is 6. The summed E-state index contributed by atoms with van der Waals surface area (Å²) >= 11 is 2.19. The predicted molar refractivity (Wildman–Crippen MR) is 298 cm³/mol. The smallest absolute Gasteiger partial charge is 0.408 e. The molecule has 0 bridgehead atoms. The predicted octanol–water partition coefficient (Wildman–Crippen LogP) is 10.3. The number of terminal acetylenes is 1. The fourth-order valence-corrected chi connectivity index (χ4v) is 6.26. The second-order valence-corrected chi connectivity index (χ2v) is 21.6. The molecule has 15 nitrogen and oxygen atoms in total. The van der Waals surface area contributed by atoms with Crippen LogP contribution in [0.2, 0.25) is 0 Å². The normalized spacial score (nSPS) is 12.2. The second-order valence-electron chi connectivity index (χ2n) is 20.5. The van der Waals surface area contributed by atoms with E-state index in [1.54, 1.807) is 6.07 Å². The number of nitrogens with one attached hydrogen (secondary N) is 3. The average Bonchev–Trinajstić information content (AvgIpc) is 3.28. The Morgan fingerprint density at radius 1 is 0.562 bits per heavy atom. The highest BCUT2D eigenvalue weighted by Gasteiger charge is 2.23. The summed E-state index contributed by atoms with van der Waals surface area (Å²) in [5, 5.41) is 34.7. The Morgan fingerprint density at radius 2 is 0.959 bits per heavy atom. The van der Waals surface area contributed by atoms with Gasteiger partial charge in [0, 0.05) is 6.04 Å². The van der Waals surface area contributed by atoms with Crippen molar-refractivity contribution in [3.8, 4) is 41.4 Å². The first-order valence-electron chi connectivity index (χ1n) is 24.6. The minimum atomic E-state index is -0.552. The van der Waals surface area contributed by atoms with Crippen LogP contribution in [0.25, 0.3) is 0 Å². The minimum absolute atomic E-state index is 0.0108. The SMILES string of the molecule is C#C[C@H](NC(=O)OC(C)(C)C)C(C)C.CC(C)[C@H](C#Cc1ccccc1OCCO)NC(=O)OC(C)(C)C.CC(C)[C@H](CCc1ccccc1OCCO)NC(=O)OC(C)(C)C.OCCOc1ccccc1I. The van der Waals surface area contributed by atoms with Crippen LogP contribution in [0.4, 0.5) is 14.4 Å². The maximum atomic E-state index is 12.0. The number of benzene rings is 3. The monoisotopic (exact) mass is 1130 g/mol. The van der Waals surface area contributed by atoms with Gasteiger partial charge in [-0.2, -0.15) is 0 Å². The number of alkyl carbamates (subject to hydrolysis) is 3. The number of para-hydroxylation sites is 3. The minimum Gasteiger partial charge on any atom is -0.491 e. The number of carbonyl (C=O) groups is 3. The van der Waals surface area contributed by atoms with E-state index < -0.39 is 29.0 Å². The van der Waals surface area contributed by atoms with Gasteiger partial charge in [0.25, 0.3) is 0 Å². The fourth-order valence-electron chi connectivity index (χ4n) is 5.71. The largest absolute Gasteiger partial charge is 0.491 e. The van der Waals surface area contributed by atoms with Gasteiger partial charge in [-0.15, -0.1) is 6.42 Å². The molecule has 0 aliphatic carbocycles. The van der Waals surface area contributed by atoms with Gasteiger partial charge >= 0.3 is 18.3 Å². The molecule has 16 heteroatoms. The van der Waals surface area contributed by atoms with E-state index >= 15 is 0 Å². The van der Waals surface area contributed by atoms with Crippen molar-refractivity contribution < 1.29 is 58.1 Å². The van der Waals surface area contributed by atoms with Crippen molar-refractivity contribution in [3.63, 3.8) is 0 Å². The Kier molecular flexibility index (Phi) is 33.1. The molecule has 0 saturated heterocycles. The Labute approximate surface area is 450 Å². The van der Waals surface area contributed by atoms with Crippen molar-refractivity contribution in [2.75, 3.05) is 39.6 Å². The summed E-state index contributed by atoms with van der Waals surface area (Å²) in [5.74, 6) is 11.5. The van der Waals surface area contributed by atoms with Crippen molar-refractivity contribution >= 4 is 40.9 Å². The summed E-state index contributed by atoms with van der Waals surface area (Å²) in [6.07, 6.45) is 5.50. The summed E-state index contributed by atoms with van der Waals surface area (Å²) in [6, 6.07) is 22.2. The third-order valence-corrected chi connectivity index (χ3v) is 10.1. The van der Waals surface area contributed by atoms with Gasteiger partial charge in [0.2, 0.25) is 0 Å². The Morgan fingerprint density at radius 3 is 1.40 bits per heavy atom. The lowest BCUT2D eigenvalue weighted by atomic mass is 9.96. The van der Waals surface area contributed by atoms with Crippen LogP contribution >= 0.6 is 22.6 Å². The van der Waals surface area contributed by atoms with Gasteiger partial charge in [-0.25, -0.2) is 14.4 Å². The zero-order valence-electron chi connectivity index (χ0n) is 46.0. The van der Waals surface area contributed by atoms with Gasteiger partial charge in [-0.1, -0.05) is 102 Å². The number of aryl methyl sites for hydroxylation is 1. The summed E-state index contributed by atoms with van der Waals surface area (Å²) in [6.45, 7) is 29.3. The van der Waals surface area contributed by atoms with Crippen LogP contribution in [0, 0.1) is 45.5 Å². The van der Waals surface area contributed by atoms with Crippen molar-refractivity contribution in [2.24, 2.45) is 17.8 Å². The molecule has 0 aliphatic rings. The van der Waals surface area contributed by atoms with Gasteiger partial charge in [0.15, 0.2) is 0 Å². The number of halogens is 1. The van der Waals surface area contributed by atoms with Crippen molar-refractivity contribution in [1.82, 2.24) is 16.0 Å². The van der Waals surface area contributed by atoms with Gasteiger partial charge in [0.05, 0.1) is 41.0 Å². The van der Waals surface area contributed by atoms with Crippen LogP contribution in [0.5, 0.6) is 17.2 Å². The summed E-state index contributed by atoms with van der Waals surface area (Å²) in [5.41, 5.74) is 0.241. The molecule has 0 spiro atoms. The van der Waals surface area contributed by atoms with Crippen molar-refractivity contribution in [3.05, 3.63) is 87.5 Å². The lowest BCUT2D eigenvalue weighted by Gasteiger charge is -2.26. The van der Waals surface area contributed by atoms with E-state index in [9.17, 15) is 14.4 Å². The quantitative estimate of drug-likeness (QED) is 0.0400. The van der Waals surface area contributed by atoms with Crippen LogP contribution in [-0.4, -0.2) is 108 Å². The standard InChI is InChI=1S/C19H31NO4.C19H27NO4.C11H19NO2.C8H9IO2/c2*1-14(2)16(20-18(22)24-19(3,4)5)11-10-15-8-6-7-9-17(15)23-13-12-21;1-7-9(8(2)3)12-10(13)14-11(4,5)6;9-7-3-1-2-4-8(7)11-6-5-10/h6-9,14,16,21H,10-13H2,1-5H3,(H,20,22);6-9,14,16,21H,12-13H2,1-5H3,(H,20,22);1,8-9H,2-6H3,(H,12,13);1-4,10H,5-6H2/t2*16-;9-;/m000./s1. The van der Waals surface area contributed by atoms with Gasteiger partial charge in [-0.05, 0) is 151 Å². The van der Waals surface area contributed by atoms with Crippen LogP contribution < -0.4 is 30.2 Å². The Hall–Kier alpha value is -5.40. The Bertz CT molecular complexity index is 2140. The number of aliphatic hydroxyl groups excluding tert-OH is 3. The number of ether oxygens (including phenoxy) is 6. The number of carbonyl (C=O) groups excluding carboxylic acids is 3. The van der Waals surface area contributed by atoms with Crippen LogP contribution in [0.1, 0.15) is 121 Å². The van der Waals surface area contributed by atoms with Crippen LogP contribution in [-0.2, 0) is 20.6 Å². The highest BCUT2D eigenvalue weighted by atomic mass is 127. The van der Waals surface area contributed by atoms with E-state index in [0.29, 0.717) is 23.8 Å². The topological polar surface area (TPSA) is 203 Å². The first-order valence-corrected chi connectivity index (χ1v) is 25.7. The molecule has 0 heterocycles. The van der Waals surface area contributed by atoms with Gasteiger partial charge < -0.3 is 59.7 Å². The third kappa shape index (κ3) is 33.9. The van der Waals surface area contributed by atoms with Crippen molar-refractivity contribution in [2.45, 2.75) is 152 Å². The van der Waals surface area contributed by atoms with E-state index in [4.69, 9.17) is 50.2 Å². The van der Waals surface area contributed by atoms with E-state index in [-0.39, 0.29) is 69.1 Å². The number of amides is 3. The molecule has 3 aromatic carbocycles. The molecule has 0 radical (unpaired) electrons. The molecule has 408 valence electrons. The lowest BCUT2D eigenvalue weighted by molar-refractivity contribution is 0.0480. The fraction of sp³-hybridized carbons (Fsp3) is 0.561. The summed E-state index contributed by atoms with van der Waals surface area (Å²) in [7, 11) is 0. The molecule has 73 heavy (non-hydrogen) atoms. The first-order chi connectivity index (χ1) is 34.1. The maximum absolute atomic E-state index is 12.0. The zero-order chi connectivity index (χ0) is 55.8. The molecule has 0 fully saturated rings. The van der Waals surface area contributed by atoms with E-state index in [0.717, 1.165) is 33.5 Å². The molecule has 0 unspecified atom stereocenters. The summed E-state index contributed by atoms with van der Waals surface area (Å²) in [4.78, 5) is 35.3. The van der Waals surface area contributed by atoms with Crippen LogP contribution in [0.3, 0.4) is 0 Å². The molecular formula is C57H86IN3O12. The van der Waals surface area contributed by atoms with Gasteiger partial charge in [-0.3, -0.25) is 0 Å². The highest BCUT2D eigenvalue weighted by Crippen LogP contribution is 2.23. The molecule has 3 atom stereocenters. The maximum Gasteiger partial charge on any atom is 0.408 e. The Balaban J connectivity index is 0.000000992. The number of aliphatic hydroxyl groups is 3. The van der Waals surface area contributed by atoms with E-state index in [1.807, 2.05) is 157 Å². The molecular weight excluding hydrogens is 1050 g/mol. The molecule has 3 amide bonds. The molecule has 3 aromatic rings. The van der Waals surface area contributed by atoms with Crippen molar-refractivity contribution in [1.29, 1.82) is 0 Å². The molecule has 0 aliphatic heterocycles. The third-order valence-electron chi connectivity index (χ3n) is 9.19. The number of hydrogen-bond acceptors (Lipinski definition) is 12. The summed E-state index contributed by atoms with van der Waals surface area (Å²) < 4.78 is 33.0. The molecule has 0 aromatic heterocycles. The molecule has 6 N–H and O–H groups in total. The van der Waals surface area contributed by atoms with E-state index in [2.05, 4.69) is 70.2 Å². The molecule has 3 rings (SSSR count). The molecule has 0 saturated carbocycles. The van der Waals surface area contributed by atoms with Crippen LogP contribution in [0.15, 0.2) is 72.8 Å². The first kappa shape index (κ1) is 67.6. The zero-order valence-corrected chi connectivity index (χ0v) is 48.2. The number of rotatable bonds is 18. The van der Waals surface area contributed by atoms with E-state index in [1.165, 1.54) is 0 Å². The van der Waals surface area contributed by atoms with Gasteiger partial charge in [0.1, 0.15) is 53.9 Å². The highest BCUT2D eigenvalue weighted by molar-refractivity contribution is 14.1.